The summed E-state index contributed by atoms with van der Waals surface area (Å²) in [5.74, 6) is 1.91. The predicted molar refractivity (Wildman–Crippen MR) is 138 cm³/mol. The van der Waals surface area contributed by atoms with Gasteiger partial charge in [0.25, 0.3) is 0 Å². The van der Waals surface area contributed by atoms with Gasteiger partial charge in [-0.3, -0.25) is 4.68 Å². The number of guanidine groups is 1. The Balaban J connectivity index is 0.00000341. The Morgan fingerprint density at radius 3 is 2.61 bits per heavy atom. The zero-order valence-corrected chi connectivity index (χ0v) is 21.6. The van der Waals surface area contributed by atoms with Gasteiger partial charge in [0.2, 0.25) is 0 Å². The van der Waals surface area contributed by atoms with Gasteiger partial charge in [-0.05, 0) is 46.4 Å². The lowest BCUT2D eigenvalue weighted by atomic mass is 10.2. The van der Waals surface area contributed by atoms with Crippen molar-refractivity contribution in [1.29, 1.82) is 0 Å². The van der Waals surface area contributed by atoms with Gasteiger partial charge in [-0.2, -0.15) is 5.10 Å². The molecule has 172 valence electrons. The third-order valence-electron chi connectivity index (χ3n) is 5.36. The monoisotopic (exact) mass is 540 g/mol. The number of halogens is 1. The van der Waals surface area contributed by atoms with E-state index in [1.807, 2.05) is 19.2 Å². The van der Waals surface area contributed by atoms with E-state index in [1.54, 1.807) is 0 Å². The number of aromatic nitrogens is 3. The molecule has 3 heterocycles. The summed E-state index contributed by atoms with van der Waals surface area (Å²) in [6.07, 6.45) is 2.87. The molecule has 0 saturated carbocycles. The number of nitrogens with one attached hydrogen (secondary N) is 2. The van der Waals surface area contributed by atoms with Crippen LogP contribution in [0.1, 0.15) is 30.3 Å². The number of hydrogen-bond donors (Lipinski definition) is 2. The molecule has 9 heteroatoms. The molecule has 1 saturated heterocycles. The van der Waals surface area contributed by atoms with Crippen LogP contribution >= 0.6 is 24.0 Å². The second-order valence-electron chi connectivity index (χ2n) is 7.90. The number of hydrogen-bond acceptors (Lipinski definition) is 5. The van der Waals surface area contributed by atoms with Gasteiger partial charge in [0, 0.05) is 63.3 Å². The van der Waals surface area contributed by atoms with E-state index in [4.69, 9.17) is 4.99 Å². The molecule has 1 aliphatic heterocycles. The fourth-order valence-corrected chi connectivity index (χ4v) is 3.70. The maximum Gasteiger partial charge on any atom is 0.191 e. The van der Waals surface area contributed by atoms with Crippen molar-refractivity contribution in [3.8, 4) is 0 Å². The lowest BCUT2D eigenvalue weighted by Gasteiger charge is -2.34. The number of piperazine rings is 1. The lowest BCUT2D eigenvalue weighted by molar-refractivity contribution is 0.312. The van der Waals surface area contributed by atoms with Crippen molar-refractivity contribution >= 4 is 35.8 Å². The number of nitrogens with zero attached hydrogens (tertiary/aromatic N) is 6. The molecule has 8 nitrogen and oxygen atoms in total. The van der Waals surface area contributed by atoms with Crippen LogP contribution in [0.4, 0.5) is 5.82 Å². The van der Waals surface area contributed by atoms with Crippen molar-refractivity contribution < 1.29 is 0 Å². The Kier molecular flexibility index (Phi) is 10.5. The Morgan fingerprint density at radius 2 is 1.94 bits per heavy atom. The summed E-state index contributed by atoms with van der Waals surface area (Å²) < 4.78 is 2.07. The van der Waals surface area contributed by atoms with Crippen molar-refractivity contribution in [2.45, 2.75) is 40.3 Å². The van der Waals surface area contributed by atoms with Crippen LogP contribution in [-0.4, -0.2) is 71.9 Å². The Bertz CT molecular complexity index is 827. The number of rotatable bonds is 8. The number of aliphatic imine (C=N–C) groups is 1. The molecule has 0 bridgehead atoms. The summed E-state index contributed by atoms with van der Waals surface area (Å²) in [5, 5.41) is 11.3. The van der Waals surface area contributed by atoms with E-state index in [0.717, 1.165) is 69.7 Å². The fourth-order valence-electron chi connectivity index (χ4n) is 3.70. The number of pyridine rings is 1. The molecule has 1 fully saturated rings. The molecule has 0 atom stereocenters. The van der Waals surface area contributed by atoms with Gasteiger partial charge in [-0.15, -0.1) is 24.0 Å². The molecule has 3 rings (SSSR count). The van der Waals surface area contributed by atoms with Gasteiger partial charge in [-0.25, -0.2) is 9.98 Å². The van der Waals surface area contributed by atoms with E-state index in [-0.39, 0.29) is 24.0 Å². The van der Waals surface area contributed by atoms with Crippen molar-refractivity contribution in [2.75, 3.05) is 51.2 Å². The van der Waals surface area contributed by atoms with E-state index in [0.29, 0.717) is 6.54 Å². The quantitative estimate of drug-likeness (QED) is 0.232. The van der Waals surface area contributed by atoms with Gasteiger partial charge in [0.05, 0.1) is 12.2 Å². The van der Waals surface area contributed by atoms with E-state index in [1.165, 1.54) is 11.3 Å². The Hall–Kier alpha value is -1.88. The van der Waals surface area contributed by atoms with Crippen molar-refractivity contribution in [3.63, 3.8) is 0 Å². The lowest BCUT2D eigenvalue weighted by Crippen LogP contribution is -2.45. The second kappa shape index (κ2) is 12.8. The molecule has 31 heavy (non-hydrogen) atoms. The molecular formula is C22H37IN8. The van der Waals surface area contributed by atoms with Crippen LogP contribution in [0, 0.1) is 13.8 Å². The smallest absolute Gasteiger partial charge is 0.191 e. The normalized spacial score (nSPS) is 15.0. The largest absolute Gasteiger partial charge is 0.357 e. The first kappa shape index (κ1) is 25.4. The molecule has 0 spiro atoms. The van der Waals surface area contributed by atoms with Gasteiger partial charge < -0.3 is 20.4 Å². The summed E-state index contributed by atoms with van der Waals surface area (Å²) in [5.41, 5.74) is 3.45. The van der Waals surface area contributed by atoms with Crippen LogP contribution in [-0.2, 0) is 13.1 Å². The highest BCUT2D eigenvalue weighted by atomic mass is 127. The van der Waals surface area contributed by atoms with Crippen LogP contribution in [0.5, 0.6) is 0 Å². The van der Waals surface area contributed by atoms with Crippen LogP contribution in [0.15, 0.2) is 29.4 Å². The highest BCUT2D eigenvalue weighted by Crippen LogP contribution is 2.19. The molecule has 0 aromatic carbocycles. The van der Waals surface area contributed by atoms with Crippen LogP contribution in [0.25, 0.3) is 0 Å². The average Bonchev–Trinajstić information content (AvgIpc) is 3.07. The zero-order chi connectivity index (χ0) is 21.3. The summed E-state index contributed by atoms with van der Waals surface area (Å²) in [6.45, 7) is 13.6. The predicted octanol–water partition coefficient (Wildman–Crippen LogP) is 2.41. The fraction of sp³-hybridized carbons (Fsp3) is 0.591. The molecule has 1 aliphatic rings. The molecule has 0 unspecified atom stereocenters. The minimum absolute atomic E-state index is 0. The molecule has 2 aromatic heterocycles. The van der Waals surface area contributed by atoms with E-state index < -0.39 is 0 Å². The minimum Gasteiger partial charge on any atom is -0.357 e. The standard InChI is InChI=1S/C22H36N8.HI/c1-5-23-22(25-10-7-11-30-19(3)16-18(2)27-30)26-17-20-8-6-9-24-21(20)29-14-12-28(4)13-15-29;/h6,8-9,16H,5,7,10-15,17H2,1-4H3,(H2,23,25,26);1H. The molecule has 0 amide bonds. The van der Waals surface area contributed by atoms with Crippen molar-refractivity contribution in [1.82, 2.24) is 30.3 Å². The van der Waals surface area contributed by atoms with E-state index >= 15 is 0 Å². The molecule has 0 radical (unpaired) electrons. The van der Waals surface area contributed by atoms with Gasteiger partial charge >= 0.3 is 0 Å². The molecule has 0 aliphatic carbocycles. The first-order valence-electron chi connectivity index (χ1n) is 11.0. The van der Waals surface area contributed by atoms with E-state index in [2.05, 4.69) is 68.2 Å². The van der Waals surface area contributed by atoms with Gasteiger partial charge in [-0.1, -0.05) is 6.07 Å². The summed E-state index contributed by atoms with van der Waals surface area (Å²) in [7, 11) is 2.17. The molecular weight excluding hydrogens is 503 g/mol. The first-order chi connectivity index (χ1) is 14.6. The van der Waals surface area contributed by atoms with Crippen molar-refractivity contribution in [2.24, 2.45) is 4.99 Å². The summed E-state index contributed by atoms with van der Waals surface area (Å²) in [6, 6.07) is 6.25. The topological polar surface area (TPSA) is 73.6 Å². The minimum atomic E-state index is 0. The second-order valence-corrected chi connectivity index (χ2v) is 7.90. The van der Waals surface area contributed by atoms with Gasteiger partial charge in [0.1, 0.15) is 5.82 Å². The van der Waals surface area contributed by atoms with Crippen LogP contribution < -0.4 is 15.5 Å². The third-order valence-corrected chi connectivity index (χ3v) is 5.36. The van der Waals surface area contributed by atoms with E-state index in [9.17, 15) is 0 Å². The highest BCUT2D eigenvalue weighted by Gasteiger charge is 2.17. The van der Waals surface area contributed by atoms with Gasteiger partial charge in [0.15, 0.2) is 5.96 Å². The Morgan fingerprint density at radius 1 is 1.16 bits per heavy atom. The SMILES string of the molecule is CCNC(=NCc1cccnc1N1CCN(C)CC1)NCCCn1nc(C)cc1C.I. The first-order valence-corrected chi connectivity index (χ1v) is 11.0. The molecule has 2 aromatic rings. The summed E-state index contributed by atoms with van der Waals surface area (Å²) in [4.78, 5) is 14.2. The number of likely N-dealkylation sites (N-methyl/N-ethyl adjacent to an activating group) is 1. The number of aryl methyl sites for hydroxylation is 3. The van der Waals surface area contributed by atoms with Crippen LogP contribution in [0.2, 0.25) is 0 Å². The molecule has 2 N–H and O–H groups in total. The van der Waals surface area contributed by atoms with Crippen molar-refractivity contribution in [3.05, 3.63) is 41.3 Å². The highest BCUT2D eigenvalue weighted by molar-refractivity contribution is 14.0. The zero-order valence-electron chi connectivity index (χ0n) is 19.3. The average molecular weight is 540 g/mol. The van der Waals surface area contributed by atoms with Crippen LogP contribution in [0.3, 0.4) is 0 Å². The number of anilines is 1. The maximum atomic E-state index is 4.82. The maximum absolute atomic E-state index is 4.82. The summed E-state index contributed by atoms with van der Waals surface area (Å²) >= 11 is 0. The Labute approximate surface area is 203 Å². The third kappa shape index (κ3) is 7.64.